The lowest BCUT2D eigenvalue weighted by atomic mass is 10.2. The van der Waals surface area contributed by atoms with Crippen molar-refractivity contribution in [3.05, 3.63) is 21.9 Å². The minimum absolute atomic E-state index is 0.145. The van der Waals surface area contributed by atoms with Crippen molar-refractivity contribution in [2.45, 2.75) is 26.4 Å². The highest BCUT2D eigenvalue weighted by Gasteiger charge is 2.12. The van der Waals surface area contributed by atoms with E-state index in [1.54, 1.807) is 5.38 Å². The van der Waals surface area contributed by atoms with Crippen LogP contribution in [0.15, 0.2) is 11.4 Å². The number of carbonyl (C=O) groups is 1. The molecule has 0 aliphatic carbocycles. The Balaban J connectivity index is 2.66. The highest BCUT2D eigenvalue weighted by molar-refractivity contribution is 7.10. The summed E-state index contributed by atoms with van der Waals surface area (Å²) in [5.41, 5.74) is 5.75. The van der Waals surface area contributed by atoms with Crippen molar-refractivity contribution in [3.8, 4) is 0 Å². The second-order valence-electron chi connectivity index (χ2n) is 3.95. The summed E-state index contributed by atoms with van der Waals surface area (Å²) in [7, 11) is 0. The van der Waals surface area contributed by atoms with Crippen molar-refractivity contribution in [2.24, 2.45) is 5.73 Å². The first-order chi connectivity index (χ1) is 7.54. The fraction of sp³-hybridized carbons (Fsp3) is 0.545. The number of thiophene rings is 1. The molecule has 0 fully saturated rings. The van der Waals surface area contributed by atoms with Crippen molar-refractivity contribution >= 4 is 17.2 Å². The van der Waals surface area contributed by atoms with Crippen LogP contribution in [-0.4, -0.2) is 35.1 Å². The van der Waals surface area contributed by atoms with Crippen LogP contribution >= 0.6 is 11.3 Å². The molecule has 1 aromatic heterocycles. The van der Waals surface area contributed by atoms with E-state index in [1.165, 1.54) is 11.3 Å². The van der Waals surface area contributed by atoms with Crippen LogP contribution in [0.5, 0.6) is 0 Å². The van der Waals surface area contributed by atoms with Gasteiger partial charge in [0.1, 0.15) is 0 Å². The zero-order valence-electron chi connectivity index (χ0n) is 9.64. The molecule has 4 nitrogen and oxygen atoms in total. The smallest absolute Gasteiger partial charge is 0.249 e. The Morgan fingerprint density at radius 2 is 2.31 bits per heavy atom. The lowest BCUT2D eigenvalue weighted by molar-refractivity contribution is 0.100. The van der Waals surface area contributed by atoms with E-state index in [4.69, 9.17) is 10.8 Å². The van der Waals surface area contributed by atoms with Gasteiger partial charge in [0.15, 0.2) is 0 Å². The Bertz CT molecular complexity index is 350. The average molecular weight is 242 g/mol. The van der Waals surface area contributed by atoms with Crippen LogP contribution in [0.2, 0.25) is 0 Å². The number of hydrogen-bond acceptors (Lipinski definition) is 4. The monoisotopic (exact) mass is 242 g/mol. The number of aliphatic hydroxyl groups excluding tert-OH is 1. The van der Waals surface area contributed by atoms with Crippen molar-refractivity contribution in [1.29, 1.82) is 0 Å². The van der Waals surface area contributed by atoms with E-state index in [0.29, 0.717) is 18.2 Å². The van der Waals surface area contributed by atoms with E-state index < -0.39 is 0 Å². The fourth-order valence-corrected chi connectivity index (χ4v) is 2.34. The molecule has 0 bridgehead atoms. The quantitative estimate of drug-likeness (QED) is 0.783. The molecule has 16 heavy (non-hydrogen) atoms. The number of nitrogens with two attached hydrogens (primary N) is 1. The topological polar surface area (TPSA) is 66.6 Å². The van der Waals surface area contributed by atoms with Gasteiger partial charge in [-0.2, -0.15) is 0 Å². The van der Waals surface area contributed by atoms with Gasteiger partial charge in [-0.05, 0) is 19.9 Å². The van der Waals surface area contributed by atoms with E-state index in [2.05, 4.69) is 18.7 Å². The normalized spacial score (nSPS) is 11.3. The third-order valence-corrected chi connectivity index (χ3v) is 3.34. The Labute approximate surface area is 99.7 Å². The molecule has 0 unspecified atom stereocenters. The minimum atomic E-state index is -0.388. The largest absolute Gasteiger partial charge is 0.395 e. The number of rotatable bonds is 6. The Hall–Kier alpha value is -0.910. The second kappa shape index (κ2) is 5.98. The molecule has 0 aliphatic rings. The van der Waals surface area contributed by atoms with E-state index >= 15 is 0 Å². The average Bonchev–Trinajstić information content (AvgIpc) is 2.65. The van der Waals surface area contributed by atoms with Gasteiger partial charge in [0, 0.05) is 29.4 Å². The summed E-state index contributed by atoms with van der Waals surface area (Å²) >= 11 is 1.53. The van der Waals surface area contributed by atoms with Gasteiger partial charge in [-0.15, -0.1) is 11.3 Å². The van der Waals surface area contributed by atoms with Gasteiger partial charge in [0.2, 0.25) is 5.91 Å². The number of nitrogens with zero attached hydrogens (tertiary/aromatic N) is 1. The molecule has 0 saturated carbocycles. The predicted octanol–water partition coefficient (Wildman–Crippen LogP) is 1.05. The Morgan fingerprint density at radius 1 is 1.62 bits per heavy atom. The van der Waals surface area contributed by atoms with Crippen LogP contribution in [0, 0.1) is 0 Å². The Kier molecular flexibility index (Phi) is 4.92. The molecule has 0 saturated heterocycles. The molecule has 0 aromatic carbocycles. The lowest BCUT2D eigenvalue weighted by Gasteiger charge is -2.24. The van der Waals surface area contributed by atoms with Gasteiger partial charge < -0.3 is 10.8 Å². The summed E-state index contributed by atoms with van der Waals surface area (Å²) in [4.78, 5) is 14.2. The van der Waals surface area contributed by atoms with Gasteiger partial charge >= 0.3 is 0 Å². The summed E-state index contributed by atoms with van der Waals surface area (Å²) in [5.74, 6) is -0.388. The highest BCUT2D eigenvalue weighted by Crippen LogP contribution is 2.17. The Morgan fingerprint density at radius 3 is 2.75 bits per heavy atom. The molecule has 0 aliphatic heterocycles. The van der Waals surface area contributed by atoms with Crippen LogP contribution in [0.25, 0.3) is 0 Å². The van der Waals surface area contributed by atoms with E-state index in [9.17, 15) is 4.79 Å². The van der Waals surface area contributed by atoms with Gasteiger partial charge in [-0.3, -0.25) is 9.69 Å². The maximum absolute atomic E-state index is 10.9. The second-order valence-corrected chi connectivity index (χ2v) is 4.95. The molecule has 5 heteroatoms. The first-order valence-corrected chi connectivity index (χ1v) is 6.14. The van der Waals surface area contributed by atoms with E-state index in [-0.39, 0.29) is 12.5 Å². The van der Waals surface area contributed by atoms with Gasteiger partial charge in [-0.25, -0.2) is 0 Å². The summed E-state index contributed by atoms with van der Waals surface area (Å²) in [6, 6.07) is 2.19. The molecule has 1 rings (SSSR count). The molecule has 1 aromatic rings. The molecule has 0 radical (unpaired) electrons. The molecule has 90 valence electrons. The van der Waals surface area contributed by atoms with E-state index in [1.807, 2.05) is 6.07 Å². The number of amides is 1. The first-order valence-electron chi connectivity index (χ1n) is 5.26. The zero-order valence-corrected chi connectivity index (χ0v) is 10.5. The van der Waals surface area contributed by atoms with Crippen molar-refractivity contribution in [2.75, 3.05) is 13.2 Å². The van der Waals surface area contributed by atoms with Crippen LogP contribution < -0.4 is 5.73 Å². The van der Waals surface area contributed by atoms with Crippen LogP contribution in [0.3, 0.4) is 0 Å². The molecular formula is C11H18N2O2S. The predicted molar refractivity (Wildman–Crippen MR) is 65.5 cm³/mol. The van der Waals surface area contributed by atoms with Crippen molar-refractivity contribution < 1.29 is 9.90 Å². The minimum Gasteiger partial charge on any atom is -0.395 e. The maximum atomic E-state index is 10.9. The standard InChI is InChI=1S/C11H18N2O2S/c1-8(2)13(3-4-14)6-10-5-9(7-16-10)11(12)15/h5,7-8,14H,3-4,6H2,1-2H3,(H2,12,15). The maximum Gasteiger partial charge on any atom is 0.249 e. The summed E-state index contributed by atoms with van der Waals surface area (Å²) in [5, 5.41) is 10.7. The fourth-order valence-electron chi connectivity index (χ4n) is 1.44. The third kappa shape index (κ3) is 3.59. The number of aliphatic hydroxyl groups is 1. The third-order valence-electron chi connectivity index (χ3n) is 2.41. The molecule has 0 atom stereocenters. The van der Waals surface area contributed by atoms with Gasteiger partial charge in [0.05, 0.1) is 12.2 Å². The zero-order chi connectivity index (χ0) is 12.1. The SMILES string of the molecule is CC(C)N(CCO)Cc1cc(C(N)=O)cs1. The molecular weight excluding hydrogens is 224 g/mol. The summed E-state index contributed by atoms with van der Waals surface area (Å²) in [6.45, 7) is 5.69. The number of carbonyl (C=O) groups excluding carboxylic acids is 1. The number of primary amides is 1. The highest BCUT2D eigenvalue weighted by atomic mass is 32.1. The molecule has 3 N–H and O–H groups in total. The molecule has 1 amide bonds. The first kappa shape index (κ1) is 13.2. The molecule has 0 spiro atoms. The van der Waals surface area contributed by atoms with Gasteiger partial charge in [0.25, 0.3) is 0 Å². The molecule has 1 heterocycles. The van der Waals surface area contributed by atoms with Crippen LogP contribution in [0.1, 0.15) is 29.1 Å². The summed E-state index contributed by atoms with van der Waals surface area (Å²) < 4.78 is 0. The van der Waals surface area contributed by atoms with E-state index in [0.717, 1.165) is 11.4 Å². The van der Waals surface area contributed by atoms with Gasteiger partial charge in [-0.1, -0.05) is 0 Å². The van der Waals surface area contributed by atoms with Crippen LogP contribution in [0.4, 0.5) is 0 Å². The van der Waals surface area contributed by atoms with Crippen LogP contribution in [-0.2, 0) is 6.54 Å². The van der Waals surface area contributed by atoms with Crippen molar-refractivity contribution in [3.63, 3.8) is 0 Å². The lowest BCUT2D eigenvalue weighted by Crippen LogP contribution is -2.32. The number of hydrogen-bond donors (Lipinski definition) is 2. The summed E-state index contributed by atoms with van der Waals surface area (Å²) in [6.07, 6.45) is 0. The van der Waals surface area contributed by atoms with Crippen molar-refractivity contribution in [1.82, 2.24) is 4.90 Å².